The summed E-state index contributed by atoms with van der Waals surface area (Å²) in [5, 5.41) is 4.35. The molecule has 0 bridgehead atoms. The first kappa shape index (κ1) is 20.4. The third kappa shape index (κ3) is 6.10. The third-order valence-electron chi connectivity index (χ3n) is 3.34. The molecule has 0 atom stereocenters. The number of amides is 1. The van der Waals surface area contributed by atoms with Gasteiger partial charge in [-0.3, -0.25) is 4.79 Å². The van der Waals surface area contributed by atoms with E-state index < -0.39 is 12.5 Å². The number of ether oxygens (including phenoxy) is 3. The molecule has 6 nitrogen and oxygen atoms in total. The van der Waals surface area contributed by atoms with Gasteiger partial charge in [0.15, 0.2) is 18.1 Å². The Bertz CT molecular complexity index is 831. The minimum Gasteiger partial charge on any atom is -0.493 e. The first-order chi connectivity index (χ1) is 12.9. The summed E-state index contributed by atoms with van der Waals surface area (Å²) in [6.45, 7) is -1.60. The highest BCUT2D eigenvalue weighted by Gasteiger charge is 2.12. The summed E-state index contributed by atoms with van der Waals surface area (Å²) in [6, 6.07) is 11.1. The van der Waals surface area contributed by atoms with E-state index in [0.717, 1.165) is 0 Å². The van der Waals surface area contributed by atoms with E-state index >= 15 is 0 Å². The summed E-state index contributed by atoms with van der Waals surface area (Å²) >= 11 is 5.93. The molecule has 0 spiro atoms. The van der Waals surface area contributed by atoms with Gasteiger partial charge in [0.05, 0.1) is 17.8 Å². The van der Waals surface area contributed by atoms with Crippen LogP contribution in [0.25, 0.3) is 0 Å². The molecule has 2 aromatic rings. The Morgan fingerprint density at radius 2 is 1.93 bits per heavy atom. The van der Waals surface area contributed by atoms with Gasteiger partial charge in [-0.25, -0.2) is 5.43 Å². The first-order valence-corrected chi connectivity index (χ1v) is 8.12. The monoisotopic (exact) mass is 398 g/mol. The summed E-state index contributed by atoms with van der Waals surface area (Å²) in [4.78, 5) is 11.8. The van der Waals surface area contributed by atoms with Gasteiger partial charge in [-0.2, -0.15) is 13.9 Å². The second-order valence-electron chi connectivity index (χ2n) is 5.20. The number of nitrogens with zero attached hydrogens (tertiary/aromatic N) is 1. The number of hydrogen-bond acceptors (Lipinski definition) is 5. The molecule has 144 valence electrons. The van der Waals surface area contributed by atoms with Gasteiger partial charge in [-0.05, 0) is 37.3 Å². The minimum atomic E-state index is -2.96. The Hall–Kier alpha value is -2.87. The molecule has 1 N–H and O–H groups in total. The van der Waals surface area contributed by atoms with Crippen molar-refractivity contribution in [3.05, 3.63) is 53.1 Å². The highest BCUT2D eigenvalue weighted by atomic mass is 35.5. The highest BCUT2D eigenvalue weighted by molar-refractivity contribution is 6.32. The number of methoxy groups -OCH3 is 1. The molecule has 0 aliphatic rings. The average molecular weight is 399 g/mol. The normalized spacial score (nSPS) is 11.3. The summed E-state index contributed by atoms with van der Waals surface area (Å²) in [5.41, 5.74) is 3.33. The number of halogens is 3. The van der Waals surface area contributed by atoms with Crippen molar-refractivity contribution in [3.63, 3.8) is 0 Å². The lowest BCUT2D eigenvalue weighted by atomic mass is 10.1. The van der Waals surface area contributed by atoms with Gasteiger partial charge in [-0.1, -0.05) is 23.7 Å². The van der Waals surface area contributed by atoms with E-state index in [4.69, 9.17) is 21.1 Å². The SMILES string of the molecule is COc1cc(/C(C)=N\NC(=O)COc2ccccc2Cl)ccc1OC(F)F. The van der Waals surface area contributed by atoms with Crippen LogP contribution in [0.3, 0.4) is 0 Å². The van der Waals surface area contributed by atoms with E-state index in [1.807, 2.05) is 0 Å². The number of alkyl halides is 2. The van der Waals surface area contributed by atoms with Crippen LogP contribution in [0.1, 0.15) is 12.5 Å². The van der Waals surface area contributed by atoms with Gasteiger partial charge in [0.1, 0.15) is 5.75 Å². The van der Waals surface area contributed by atoms with Crippen LogP contribution >= 0.6 is 11.6 Å². The average Bonchev–Trinajstić information content (AvgIpc) is 2.65. The lowest BCUT2D eigenvalue weighted by Gasteiger charge is -2.11. The van der Waals surface area contributed by atoms with Crippen LogP contribution in [0.15, 0.2) is 47.6 Å². The van der Waals surface area contributed by atoms with Gasteiger partial charge in [0.2, 0.25) is 0 Å². The van der Waals surface area contributed by atoms with Crippen molar-refractivity contribution in [2.45, 2.75) is 13.5 Å². The van der Waals surface area contributed by atoms with E-state index in [-0.39, 0.29) is 18.1 Å². The Kier molecular flexibility index (Phi) is 7.36. The molecule has 0 saturated heterocycles. The van der Waals surface area contributed by atoms with Crippen molar-refractivity contribution in [2.24, 2.45) is 5.10 Å². The quantitative estimate of drug-likeness (QED) is 0.541. The molecule has 9 heteroatoms. The summed E-state index contributed by atoms with van der Waals surface area (Å²) < 4.78 is 39.4. The molecule has 2 rings (SSSR count). The number of carbonyl (C=O) groups is 1. The van der Waals surface area contributed by atoms with Crippen molar-refractivity contribution < 1.29 is 27.8 Å². The zero-order valence-corrected chi connectivity index (χ0v) is 15.3. The minimum absolute atomic E-state index is 0.0961. The number of nitrogens with one attached hydrogen (secondary N) is 1. The summed E-state index contributed by atoms with van der Waals surface area (Å²) in [5.74, 6) is -0.0785. The van der Waals surface area contributed by atoms with Crippen LogP contribution in [0.5, 0.6) is 17.2 Å². The maximum Gasteiger partial charge on any atom is 0.387 e. The van der Waals surface area contributed by atoms with Gasteiger partial charge in [0.25, 0.3) is 5.91 Å². The predicted octanol–water partition coefficient (Wildman–Crippen LogP) is 3.87. The maximum absolute atomic E-state index is 12.4. The van der Waals surface area contributed by atoms with Gasteiger partial charge in [0, 0.05) is 5.56 Å². The molecule has 0 saturated carbocycles. The van der Waals surface area contributed by atoms with Crippen LogP contribution in [0.2, 0.25) is 5.02 Å². The second kappa shape index (κ2) is 9.72. The van der Waals surface area contributed by atoms with Crippen LogP contribution in [0.4, 0.5) is 8.78 Å². The lowest BCUT2D eigenvalue weighted by molar-refractivity contribution is -0.123. The van der Waals surface area contributed by atoms with Crippen LogP contribution in [0, 0.1) is 0 Å². The van der Waals surface area contributed by atoms with E-state index in [1.54, 1.807) is 31.2 Å². The number of rotatable bonds is 8. The fraction of sp³-hybridized carbons (Fsp3) is 0.222. The van der Waals surface area contributed by atoms with E-state index in [2.05, 4.69) is 15.3 Å². The van der Waals surface area contributed by atoms with Crippen LogP contribution < -0.4 is 19.6 Å². The molecule has 0 radical (unpaired) electrons. The highest BCUT2D eigenvalue weighted by Crippen LogP contribution is 2.29. The van der Waals surface area contributed by atoms with Crippen molar-refractivity contribution >= 4 is 23.2 Å². The molecule has 0 heterocycles. The van der Waals surface area contributed by atoms with E-state index in [0.29, 0.717) is 22.0 Å². The molecule has 2 aromatic carbocycles. The van der Waals surface area contributed by atoms with Gasteiger partial charge < -0.3 is 14.2 Å². The first-order valence-electron chi connectivity index (χ1n) is 7.74. The topological polar surface area (TPSA) is 69.2 Å². The molecule has 0 aromatic heterocycles. The Morgan fingerprint density at radius 3 is 2.59 bits per heavy atom. The third-order valence-corrected chi connectivity index (χ3v) is 3.65. The maximum atomic E-state index is 12.4. The van der Waals surface area contributed by atoms with Crippen LogP contribution in [-0.2, 0) is 4.79 Å². The second-order valence-corrected chi connectivity index (χ2v) is 5.60. The molecular weight excluding hydrogens is 382 g/mol. The molecule has 27 heavy (non-hydrogen) atoms. The molecule has 0 unspecified atom stereocenters. The number of benzene rings is 2. The molecule has 0 aliphatic carbocycles. The molecule has 0 aliphatic heterocycles. The van der Waals surface area contributed by atoms with Crippen molar-refractivity contribution in [3.8, 4) is 17.2 Å². The summed E-state index contributed by atoms with van der Waals surface area (Å²) in [6.07, 6.45) is 0. The predicted molar refractivity (Wildman–Crippen MR) is 96.9 cm³/mol. The number of hydrogen-bond donors (Lipinski definition) is 1. The van der Waals surface area contributed by atoms with Gasteiger partial charge in [-0.15, -0.1) is 0 Å². The Labute approximate surface area is 159 Å². The summed E-state index contributed by atoms with van der Waals surface area (Å²) in [7, 11) is 1.33. The van der Waals surface area contributed by atoms with Crippen molar-refractivity contribution in [1.29, 1.82) is 0 Å². The zero-order valence-electron chi connectivity index (χ0n) is 14.5. The lowest BCUT2D eigenvalue weighted by Crippen LogP contribution is -2.25. The largest absolute Gasteiger partial charge is 0.493 e. The van der Waals surface area contributed by atoms with Gasteiger partial charge >= 0.3 is 6.61 Å². The number of carbonyl (C=O) groups excluding carboxylic acids is 1. The standard InChI is InChI=1S/C18H17ClF2N2O4/c1-11(12-7-8-15(27-18(20)21)16(9-12)25-2)22-23-17(24)10-26-14-6-4-3-5-13(14)19/h3-9,18H,10H2,1-2H3,(H,23,24)/b22-11-. The fourth-order valence-electron chi connectivity index (χ4n) is 2.03. The molecular formula is C18H17ClF2N2O4. The van der Waals surface area contributed by atoms with Crippen LogP contribution in [-0.4, -0.2) is 31.9 Å². The van der Waals surface area contributed by atoms with E-state index in [1.165, 1.54) is 25.3 Å². The fourth-order valence-corrected chi connectivity index (χ4v) is 2.22. The number of para-hydroxylation sites is 1. The number of hydrazone groups is 1. The molecule has 1 amide bonds. The van der Waals surface area contributed by atoms with Crippen molar-refractivity contribution in [2.75, 3.05) is 13.7 Å². The molecule has 0 fully saturated rings. The zero-order chi connectivity index (χ0) is 19.8. The Balaban J connectivity index is 1.98. The smallest absolute Gasteiger partial charge is 0.387 e. The Morgan fingerprint density at radius 1 is 1.19 bits per heavy atom. The van der Waals surface area contributed by atoms with Crippen molar-refractivity contribution in [1.82, 2.24) is 5.43 Å². The van der Waals surface area contributed by atoms with E-state index in [9.17, 15) is 13.6 Å².